The van der Waals surface area contributed by atoms with Gasteiger partial charge in [0, 0.05) is 5.75 Å². The first-order valence-electron chi connectivity index (χ1n) is 6.32. The molecule has 18 heavy (non-hydrogen) atoms. The lowest BCUT2D eigenvalue weighted by molar-refractivity contribution is 0.0426. The molecule has 0 heterocycles. The van der Waals surface area contributed by atoms with Gasteiger partial charge < -0.3 is 15.2 Å². The van der Waals surface area contributed by atoms with Gasteiger partial charge in [0.15, 0.2) is 0 Å². The Labute approximate surface area is 115 Å². The summed E-state index contributed by atoms with van der Waals surface area (Å²) in [5, 5.41) is 12.8. The number of alkyl carbamates (subject to hydrolysis) is 1. The summed E-state index contributed by atoms with van der Waals surface area (Å²) in [5.41, 5.74) is -0.517. The van der Waals surface area contributed by atoms with Crippen LogP contribution in [0.2, 0.25) is 0 Å². The molecule has 0 aliphatic carbocycles. The molecule has 2 atom stereocenters. The highest BCUT2D eigenvalue weighted by atomic mass is 32.2. The van der Waals surface area contributed by atoms with Gasteiger partial charge >= 0.3 is 6.09 Å². The third-order valence-electron chi connectivity index (χ3n) is 2.23. The molecule has 0 saturated heterocycles. The summed E-state index contributed by atoms with van der Waals surface area (Å²) in [6.45, 7) is 9.60. The predicted octanol–water partition coefficient (Wildman–Crippen LogP) is 2.65. The largest absolute Gasteiger partial charge is 0.444 e. The number of hydrogen-bond donors (Lipinski definition) is 2. The maximum Gasteiger partial charge on any atom is 0.407 e. The fraction of sp³-hybridized carbons (Fsp3) is 0.923. The smallest absolute Gasteiger partial charge is 0.407 e. The molecule has 0 aromatic heterocycles. The Morgan fingerprint density at radius 2 is 1.94 bits per heavy atom. The molecule has 0 unspecified atom stereocenters. The first-order chi connectivity index (χ1) is 8.15. The molecule has 0 spiro atoms. The van der Waals surface area contributed by atoms with Gasteiger partial charge in [-0.25, -0.2) is 4.79 Å². The van der Waals surface area contributed by atoms with Crippen molar-refractivity contribution in [2.45, 2.75) is 58.8 Å². The van der Waals surface area contributed by atoms with Gasteiger partial charge in [0.2, 0.25) is 0 Å². The van der Waals surface area contributed by atoms with Gasteiger partial charge in [0.05, 0.1) is 12.1 Å². The number of carbonyl (C=O) groups is 1. The molecule has 5 heteroatoms. The number of thioether (sulfide) groups is 1. The van der Waals surface area contributed by atoms with Gasteiger partial charge in [0.1, 0.15) is 5.60 Å². The van der Waals surface area contributed by atoms with Crippen LogP contribution in [0.5, 0.6) is 0 Å². The minimum atomic E-state index is -0.546. The second-order valence-electron chi connectivity index (χ2n) is 5.90. The van der Waals surface area contributed by atoms with Crippen LogP contribution in [0.3, 0.4) is 0 Å². The van der Waals surface area contributed by atoms with Crippen molar-refractivity contribution in [2.75, 3.05) is 12.0 Å². The molecule has 0 aliphatic heterocycles. The maximum absolute atomic E-state index is 11.7. The van der Waals surface area contributed by atoms with Crippen LogP contribution >= 0.6 is 11.8 Å². The van der Waals surface area contributed by atoms with Gasteiger partial charge in [-0.1, -0.05) is 13.8 Å². The van der Waals surface area contributed by atoms with Crippen LogP contribution in [0.25, 0.3) is 0 Å². The highest BCUT2D eigenvalue weighted by molar-refractivity contribution is 7.98. The summed E-state index contributed by atoms with van der Waals surface area (Å²) in [7, 11) is 0. The van der Waals surface area contributed by atoms with Gasteiger partial charge in [-0.05, 0) is 39.4 Å². The first-order valence-corrected chi connectivity index (χ1v) is 7.71. The van der Waals surface area contributed by atoms with Crippen molar-refractivity contribution in [2.24, 2.45) is 5.92 Å². The normalized spacial score (nSPS) is 15.3. The summed E-state index contributed by atoms with van der Waals surface area (Å²) in [6, 6.07) is -0.257. The fourth-order valence-electron chi connectivity index (χ4n) is 1.57. The van der Waals surface area contributed by atoms with Crippen molar-refractivity contribution in [3.63, 3.8) is 0 Å². The van der Waals surface area contributed by atoms with Crippen LogP contribution in [-0.2, 0) is 4.74 Å². The number of ether oxygens (including phenoxy) is 1. The number of aliphatic hydroxyl groups is 1. The predicted molar refractivity (Wildman–Crippen MR) is 77.0 cm³/mol. The second kappa shape index (κ2) is 7.89. The van der Waals surface area contributed by atoms with E-state index in [4.69, 9.17) is 4.74 Å². The monoisotopic (exact) mass is 277 g/mol. The number of amides is 1. The van der Waals surface area contributed by atoms with Crippen molar-refractivity contribution >= 4 is 17.9 Å². The topological polar surface area (TPSA) is 58.6 Å². The van der Waals surface area contributed by atoms with E-state index in [1.54, 1.807) is 11.8 Å². The molecule has 0 saturated carbocycles. The molecule has 0 bridgehead atoms. The molecular weight excluding hydrogens is 250 g/mol. The Bertz CT molecular complexity index is 251. The van der Waals surface area contributed by atoms with Crippen molar-refractivity contribution in [3.05, 3.63) is 0 Å². The second-order valence-corrected chi connectivity index (χ2v) is 6.82. The number of rotatable bonds is 6. The zero-order valence-electron chi connectivity index (χ0n) is 12.3. The minimum Gasteiger partial charge on any atom is -0.444 e. The quantitative estimate of drug-likeness (QED) is 0.783. The van der Waals surface area contributed by atoms with Gasteiger partial charge in [-0.3, -0.25) is 0 Å². The van der Waals surface area contributed by atoms with Crippen molar-refractivity contribution in [1.82, 2.24) is 5.32 Å². The summed E-state index contributed by atoms with van der Waals surface area (Å²) in [5.74, 6) is 1.01. The summed E-state index contributed by atoms with van der Waals surface area (Å²) in [6.07, 6.45) is 1.66. The number of carbonyl (C=O) groups excluding carboxylic acids is 1. The van der Waals surface area contributed by atoms with E-state index in [2.05, 4.69) is 19.2 Å². The van der Waals surface area contributed by atoms with E-state index in [-0.39, 0.29) is 6.04 Å². The Balaban J connectivity index is 4.44. The standard InChI is InChI=1S/C13H27NO3S/c1-9(2)7-10(11(15)8-18-6)14-12(16)17-13(3,4)5/h9-11,15H,7-8H2,1-6H3,(H,14,16)/t10-,11+/m0/s1. The molecule has 2 N–H and O–H groups in total. The highest BCUT2D eigenvalue weighted by Gasteiger charge is 2.24. The molecule has 0 aromatic carbocycles. The lowest BCUT2D eigenvalue weighted by atomic mass is 10.0. The third-order valence-corrected chi connectivity index (χ3v) is 2.90. The molecule has 0 fully saturated rings. The Hall–Kier alpha value is -0.420. The van der Waals surface area contributed by atoms with Gasteiger partial charge in [-0.15, -0.1) is 0 Å². The molecule has 0 rings (SSSR count). The molecule has 0 aliphatic rings. The number of hydrogen-bond acceptors (Lipinski definition) is 4. The van der Waals surface area contributed by atoms with E-state index in [9.17, 15) is 9.90 Å². The van der Waals surface area contributed by atoms with Gasteiger partial charge in [-0.2, -0.15) is 11.8 Å². The first kappa shape index (κ1) is 17.6. The van der Waals surface area contributed by atoms with Crippen molar-refractivity contribution in [3.8, 4) is 0 Å². The Morgan fingerprint density at radius 3 is 2.33 bits per heavy atom. The minimum absolute atomic E-state index is 0.257. The van der Waals surface area contributed by atoms with Crippen LogP contribution in [-0.4, -0.2) is 41.0 Å². The Morgan fingerprint density at radius 1 is 1.39 bits per heavy atom. The molecule has 1 amide bonds. The molecule has 108 valence electrons. The average molecular weight is 277 g/mol. The fourth-order valence-corrected chi connectivity index (χ4v) is 2.14. The third kappa shape index (κ3) is 8.64. The van der Waals surface area contributed by atoms with E-state index < -0.39 is 17.8 Å². The molecule has 0 radical (unpaired) electrons. The Kier molecular flexibility index (Phi) is 7.71. The van der Waals surface area contributed by atoms with E-state index in [1.165, 1.54) is 0 Å². The lowest BCUT2D eigenvalue weighted by Gasteiger charge is -2.27. The zero-order valence-corrected chi connectivity index (χ0v) is 13.1. The lowest BCUT2D eigenvalue weighted by Crippen LogP contribution is -2.47. The van der Waals surface area contributed by atoms with Crippen LogP contribution in [0.15, 0.2) is 0 Å². The van der Waals surface area contributed by atoms with Crippen LogP contribution in [0.1, 0.15) is 41.0 Å². The van der Waals surface area contributed by atoms with E-state index in [0.717, 1.165) is 6.42 Å². The molecular formula is C13H27NO3S. The van der Waals surface area contributed by atoms with E-state index >= 15 is 0 Å². The van der Waals surface area contributed by atoms with Crippen LogP contribution < -0.4 is 5.32 Å². The van der Waals surface area contributed by atoms with Crippen molar-refractivity contribution < 1.29 is 14.6 Å². The van der Waals surface area contributed by atoms with Crippen LogP contribution in [0, 0.1) is 5.92 Å². The number of nitrogens with one attached hydrogen (secondary N) is 1. The SMILES string of the molecule is CSC[C@@H](O)[C@H](CC(C)C)NC(=O)OC(C)(C)C. The highest BCUT2D eigenvalue weighted by Crippen LogP contribution is 2.13. The summed E-state index contributed by atoms with van der Waals surface area (Å²) >= 11 is 1.56. The molecule has 0 aromatic rings. The van der Waals surface area contributed by atoms with E-state index in [0.29, 0.717) is 11.7 Å². The van der Waals surface area contributed by atoms with Crippen LogP contribution in [0.4, 0.5) is 4.79 Å². The summed E-state index contributed by atoms with van der Waals surface area (Å²) < 4.78 is 5.21. The molecule has 4 nitrogen and oxygen atoms in total. The average Bonchev–Trinajstić information content (AvgIpc) is 2.13. The van der Waals surface area contributed by atoms with Crippen molar-refractivity contribution in [1.29, 1.82) is 0 Å². The van der Waals surface area contributed by atoms with E-state index in [1.807, 2.05) is 27.0 Å². The zero-order chi connectivity index (χ0) is 14.3. The maximum atomic E-state index is 11.7. The number of aliphatic hydroxyl groups excluding tert-OH is 1. The summed E-state index contributed by atoms with van der Waals surface area (Å²) in [4.78, 5) is 11.7. The van der Waals surface area contributed by atoms with Gasteiger partial charge in [0.25, 0.3) is 0 Å².